The SMILES string of the molecule is C[C](C=O)OCC(C)C. The van der Waals surface area contributed by atoms with Crippen molar-refractivity contribution in [3.8, 4) is 0 Å². The minimum atomic E-state index is 0.462. The van der Waals surface area contributed by atoms with Crippen LogP contribution in [-0.4, -0.2) is 12.9 Å². The van der Waals surface area contributed by atoms with E-state index in [0.29, 0.717) is 18.6 Å². The molecule has 0 unspecified atom stereocenters. The van der Waals surface area contributed by atoms with Crippen LogP contribution in [0.5, 0.6) is 0 Å². The van der Waals surface area contributed by atoms with Crippen molar-refractivity contribution in [2.75, 3.05) is 6.61 Å². The number of carbonyl (C=O) groups is 1. The largest absolute Gasteiger partial charge is 0.364 e. The van der Waals surface area contributed by atoms with Crippen molar-refractivity contribution in [2.24, 2.45) is 5.92 Å². The van der Waals surface area contributed by atoms with Gasteiger partial charge in [0, 0.05) is 0 Å². The molecule has 0 N–H and O–H groups in total. The Morgan fingerprint density at radius 1 is 1.67 bits per heavy atom. The molecule has 0 rings (SSSR count). The fourth-order valence-electron chi connectivity index (χ4n) is 0.332. The lowest BCUT2D eigenvalue weighted by atomic mass is 10.2. The van der Waals surface area contributed by atoms with E-state index < -0.39 is 0 Å². The van der Waals surface area contributed by atoms with Crippen LogP contribution in [0.25, 0.3) is 0 Å². The van der Waals surface area contributed by atoms with Gasteiger partial charge in [0.05, 0.1) is 6.61 Å². The molecule has 0 saturated heterocycles. The smallest absolute Gasteiger partial charge is 0.156 e. The number of hydrogen-bond acceptors (Lipinski definition) is 2. The van der Waals surface area contributed by atoms with Gasteiger partial charge in [0.1, 0.15) is 0 Å². The monoisotopic (exact) mass is 129 g/mol. The Morgan fingerprint density at radius 2 is 2.22 bits per heavy atom. The molecule has 0 bridgehead atoms. The second kappa shape index (κ2) is 4.50. The maximum Gasteiger partial charge on any atom is 0.156 e. The van der Waals surface area contributed by atoms with Crippen LogP contribution in [0.3, 0.4) is 0 Å². The summed E-state index contributed by atoms with van der Waals surface area (Å²) in [5.74, 6) is 0.486. The molecule has 0 saturated carbocycles. The summed E-state index contributed by atoms with van der Waals surface area (Å²) in [6.07, 6.45) is 1.19. The van der Waals surface area contributed by atoms with Crippen molar-refractivity contribution in [1.29, 1.82) is 0 Å². The Hall–Kier alpha value is -0.370. The van der Waals surface area contributed by atoms with E-state index in [-0.39, 0.29) is 0 Å². The highest BCUT2D eigenvalue weighted by Gasteiger charge is 2.00. The predicted octanol–water partition coefficient (Wildman–Crippen LogP) is 1.41. The maximum absolute atomic E-state index is 9.96. The normalized spacial score (nSPS) is 10.8. The van der Waals surface area contributed by atoms with Gasteiger partial charge in [-0.3, -0.25) is 0 Å². The molecule has 0 spiro atoms. The first-order valence-corrected chi connectivity index (χ1v) is 3.08. The summed E-state index contributed by atoms with van der Waals surface area (Å²) in [7, 11) is 0. The molecule has 0 fully saturated rings. The summed E-state index contributed by atoms with van der Waals surface area (Å²) < 4.78 is 5.00. The van der Waals surface area contributed by atoms with Crippen LogP contribution < -0.4 is 0 Å². The van der Waals surface area contributed by atoms with Crippen LogP contribution in [0.2, 0.25) is 0 Å². The minimum absolute atomic E-state index is 0.462. The lowest BCUT2D eigenvalue weighted by molar-refractivity contribution is -0.111. The van der Waals surface area contributed by atoms with E-state index in [1.165, 1.54) is 0 Å². The summed E-state index contributed by atoms with van der Waals surface area (Å²) in [4.78, 5) is 9.96. The fourth-order valence-corrected chi connectivity index (χ4v) is 0.332. The van der Waals surface area contributed by atoms with E-state index in [2.05, 4.69) is 0 Å². The summed E-state index contributed by atoms with van der Waals surface area (Å²) >= 11 is 0. The molecule has 0 heterocycles. The molecule has 1 radical (unpaired) electrons. The molecule has 0 aromatic carbocycles. The molecule has 0 aliphatic rings. The first kappa shape index (κ1) is 8.63. The van der Waals surface area contributed by atoms with Crippen LogP contribution in [0.1, 0.15) is 20.8 Å². The summed E-state index contributed by atoms with van der Waals surface area (Å²) in [5.41, 5.74) is 0. The van der Waals surface area contributed by atoms with E-state index in [4.69, 9.17) is 4.74 Å². The Labute approximate surface area is 56.2 Å². The minimum Gasteiger partial charge on any atom is -0.364 e. The van der Waals surface area contributed by atoms with Gasteiger partial charge >= 0.3 is 0 Å². The van der Waals surface area contributed by atoms with Crippen LogP contribution in [0.4, 0.5) is 0 Å². The van der Waals surface area contributed by atoms with Crippen LogP contribution in [-0.2, 0) is 9.53 Å². The van der Waals surface area contributed by atoms with Crippen LogP contribution in [0.15, 0.2) is 0 Å². The molecule has 0 aliphatic carbocycles. The highest BCUT2D eigenvalue weighted by atomic mass is 16.5. The van der Waals surface area contributed by atoms with E-state index in [0.717, 1.165) is 6.29 Å². The predicted molar refractivity (Wildman–Crippen MR) is 35.8 cm³/mol. The topological polar surface area (TPSA) is 26.3 Å². The van der Waals surface area contributed by atoms with Gasteiger partial charge in [0.15, 0.2) is 12.4 Å². The number of carbonyl (C=O) groups excluding carboxylic acids is 1. The number of hydrogen-bond donors (Lipinski definition) is 0. The Bertz CT molecular complexity index is 79.0. The van der Waals surface area contributed by atoms with Crippen molar-refractivity contribution in [1.82, 2.24) is 0 Å². The molecule has 0 atom stereocenters. The van der Waals surface area contributed by atoms with Gasteiger partial charge in [-0.05, 0) is 12.8 Å². The lowest BCUT2D eigenvalue weighted by Crippen LogP contribution is -2.06. The molecule has 9 heavy (non-hydrogen) atoms. The molecular weight excluding hydrogens is 116 g/mol. The molecule has 2 heteroatoms. The second-order valence-corrected chi connectivity index (χ2v) is 2.43. The lowest BCUT2D eigenvalue weighted by Gasteiger charge is -2.06. The van der Waals surface area contributed by atoms with Crippen molar-refractivity contribution in [3.05, 3.63) is 6.10 Å². The standard InChI is InChI=1S/C7H13O2/c1-6(2)5-9-7(3)4-8/h4,6H,5H2,1-3H3. The zero-order valence-corrected chi connectivity index (χ0v) is 6.18. The first-order valence-electron chi connectivity index (χ1n) is 3.08. The van der Waals surface area contributed by atoms with Gasteiger partial charge in [-0.1, -0.05) is 13.8 Å². The zero-order valence-electron chi connectivity index (χ0n) is 6.18. The third-order valence-corrected chi connectivity index (χ3v) is 0.810. The van der Waals surface area contributed by atoms with Crippen molar-refractivity contribution < 1.29 is 9.53 Å². The Morgan fingerprint density at radius 3 is 2.56 bits per heavy atom. The van der Waals surface area contributed by atoms with Crippen molar-refractivity contribution >= 4 is 6.29 Å². The summed E-state index contributed by atoms with van der Waals surface area (Å²) in [6.45, 7) is 6.37. The molecule has 0 aromatic rings. The van der Waals surface area contributed by atoms with E-state index >= 15 is 0 Å². The quantitative estimate of drug-likeness (QED) is 0.536. The first-order chi connectivity index (χ1) is 4.16. The Balaban J connectivity index is 3.16. The van der Waals surface area contributed by atoms with Crippen molar-refractivity contribution in [3.63, 3.8) is 0 Å². The van der Waals surface area contributed by atoms with Gasteiger partial charge in [-0.25, -0.2) is 0 Å². The van der Waals surface area contributed by atoms with Gasteiger partial charge in [0.25, 0.3) is 0 Å². The second-order valence-electron chi connectivity index (χ2n) is 2.43. The van der Waals surface area contributed by atoms with Crippen molar-refractivity contribution in [2.45, 2.75) is 20.8 Å². The van der Waals surface area contributed by atoms with Gasteiger partial charge in [-0.2, -0.15) is 0 Å². The van der Waals surface area contributed by atoms with Gasteiger partial charge < -0.3 is 9.53 Å². The zero-order chi connectivity index (χ0) is 7.28. The third kappa shape index (κ3) is 5.50. The summed E-state index contributed by atoms with van der Waals surface area (Å²) in [5, 5.41) is 0. The van der Waals surface area contributed by atoms with E-state index in [1.54, 1.807) is 6.92 Å². The van der Waals surface area contributed by atoms with Crippen LogP contribution >= 0.6 is 0 Å². The van der Waals surface area contributed by atoms with E-state index in [9.17, 15) is 4.79 Å². The fraction of sp³-hybridized carbons (Fsp3) is 0.714. The molecule has 0 aromatic heterocycles. The van der Waals surface area contributed by atoms with E-state index in [1.807, 2.05) is 13.8 Å². The van der Waals surface area contributed by atoms with Gasteiger partial charge in [0.2, 0.25) is 0 Å². The van der Waals surface area contributed by atoms with Gasteiger partial charge in [-0.15, -0.1) is 0 Å². The maximum atomic E-state index is 9.96. The number of rotatable bonds is 4. The number of aldehydes is 1. The Kier molecular flexibility index (Phi) is 4.32. The molecule has 53 valence electrons. The molecule has 0 amide bonds. The average molecular weight is 129 g/mol. The molecule has 0 aliphatic heterocycles. The highest BCUT2D eigenvalue weighted by Crippen LogP contribution is 1.99. The molecule has 2 nitrogen and oxygen atoms in total. The summed E-state index contributed by atoms with van der Waals surface area (Å²) in [6, 6.07) is 0. The highest BCUT2D eigenvalue weighted by molar-refractivity contribution is 5.64. The van der Waals surface area contributed by atoms with Crippen LogP contribution in [0, 0.1) is 12.0 Å². The average Bonchev–Trinajstić information content (AvgIpc) is 1.83. The third-order valence-electron chi connectivity index (χ3n) is 0.810. The number of ether oxygens (including phenoxy) is 1. The molecular formula is C7H13O2.